The summed E-state index contributed by atoms with van der Waals surface area (Å²) in [5.41, 5.74) is 2.00. The van der Waals surface area contributed by atoms with E-state index in [0.717, 1.165) is 24.1 Å². The number of sulfonamides is 1. The van der Waals surface area contributed by atoms with Gasteiger partial charge in [-0.3, -0.25) is 0 Å². The molecule has 1 aliphatic heterocycles. The molecule has 0 amide bonds. The molecule has 112 valence electrons. The third kappa shape index (κ3) is 3.58. The molecule has 1 aliphatic rings. The normalized spacial score (nSPS) is 25.4. The summed E-state index contributed by atoms with van der Waals surface area (Å²) in [6.07, 6.45) is 0.794. The number of hydrogen-bond donors (Lipinski definition) is 3. The molecule has 1 aromatic rings. The Morgan fingerprint density at radius 3 is 2.80 bits per heavy atom. The molecule has 3 atom stereocenters. The molecule has 2 rings (SSSR count). The van der Waals surface area contributed by atoms with Crippen LogP contribution >= 0.6 is 0 Å². The Hall–Kier alpha value is -0.950. The Bertz CT molecular complexity index is 559. The van der Waals surface area contributed by atoms with Crippen LogP contribution < -0.4 is 10.5 Å². The zero-order valence-corrected chi connectivity index (χ0v) is 12.4. The van der Waals surface area contributed by atoms with Gasteiger partial charge in [-0.2, -0.15) is 0 Å². The monoisotopic (exact) mass is 298 g/mol. The maximum Gasteiger partial charge on any atom is 0.212 e. The largest absolute Gasteiger partial charge is 0.391 e. The van der Waals surface area contributed by atoms with Gasteiger partial charge in [0.2, 0.25) is 10.0 Å². The van der Waals surface area contributed by atoms with Gasteiger partial charge in [-0.15, -0.1) is 0 Å². The standard InChI is InChI=1S/C14H22N2O3S/c1-10(20(15,18)19)8-11-4-2-3-5-12(11)13-6-7-16-9-14(13)17/h2-5,10,13-14,16-17H,6-9H2,1H3,(H2,15,18,19). The molecule has 1 aromatic carbocycles. The highest BCUT2D eigenvalue weighted by atomic mass is 32.2. The number of aliphatic hydroxyl groups is 1. The van der Waals surface area contributed by atoms with Gasteiger partial charge in [0.15, 0.2) is 0 Å². The smallest absolute Gasteiger partial charge is 0.212 e. The SMILES string of the molecule is CC(Cc1ccccc1C1CCNCC1O)S(N)(=O)=O. The van der Waals surface area contributed by atoms with Gasteiger partial charge < -0.3 is 10.4 Å². The number of β-amino-alcohol motifs (C(OH)–C–C–N with tert-alkyl or cyclic N) is 1. The molecular formula is C14H22N2O3S. The number of nitrogens with two attached hydrogens (primary N) is 1. The molecule has 0 radical (unpaired) electrons. The third-order valence-corrected chi connectivity index (χ3v) is 5.26. The number of nitrogens with one attached hydrogen (secondary N) is 1. The van der Waals surface area contributed by atoms with Gasteiger partial charge in [0, 0.05) is 12.5 Å². The van der Waals surface area contributed by atoms with Crippen LogP contribution in [0, 0.1) is 0 Å². The Balaban J connectivity index is 2.26. The van der Waals surface area contributed by atoms with Crippen molar-refractivity contribution >= 4 is 10.0 Å². The maximum absolute atomic E-state index is 11.4. The Morgan fingerprint density at radius 2 is 2.15 bits per heavy atom. The predicted octanol–water partition coefficient (Wildman–Crippen LogP) is 0.344. The molecule has 20 heavy (non-hydrogen) atoms. The van der Waals surface area contributed by atoms with E-state index in [4.69, 9.17) is 5.14 Å². The fourth-order valence-electron chi connectivity index (χ4n) is 2.71. The van der Waals surface area contributed by atoms with Crippen LogP contribution in [0.4, 0.5) is 0 Å². The van der Waals surface area contributed by atoms with Crippen molar-refractivity contribution in [1.29, 1.82) is 0 Å². The van der Waals surface area contributed by atoms with E-state index in [2.05, 4.69) is 5.32 Å². The summed E-state index contributed by atoms with van der Waals surface area (Å²) < 4.78 is 22.8. The van der Waals surface area contributed by atoms with Crippen molar-refractivity contribution in [2.75, 3.05) is 13.1 Å². The summed E-state index contributed by atoms with van der Waals surface area (Å²) in [5, 5.41) is 17.9. The van der Waals surface area contributed by atoms with Crippen molar-refractivity contribution in [2.45, 2.75) is 37.0 Å². The number of benzene rings is 1. The first-order chi connectivity index (χ1) is 9.39. The summed E-state index contributed by atoms with van der Waals surface area (Å²) >= 11 is 0. The quantitative estimate of drug-likeness (QED) is 0.747. The summed E-state index contributed by atoms with van der Waals surface area (Å²) in [6, 6.07) is 7.72. The minimum absolute atomic E-state index is 0.0557. The molecule has 0 saturated carbocycles. The third-order valence-electron chi connectivity index (χ3n) is 3.97. The van der Waals surface area contributed by atoms with Crippen molar-refractivity contribution in [3.63, 3.8) is 0 Å². The van der Waals surface area contributed by atoms with Gasteiger partial charge >= 0.3 is 0 Å². The van der Waals surface area contributed by atoms with E-state index < -0.39 is 21.4 Å². The van der Waals surface area contributed by atoms with Crippen molar-refractivity contribution in [1.82, 2.24) is 5.32 Å². The van der Waals surface area contributed by atoms with E-state index in [0.29, 0.717) is 13.0 Å². The van der Waals surface area contributed by atoms with Gasteiger partial charge in [-0.1, -0.05) is 24.3 Å². The number of aliphatic hydroxyl groups excluding tert-OH is 1. The fourth-order valence-corrected chi connectivity index (χ4v) is 3.12. The zero-order chi connectivity index (χ0) is 14.8. The average molecular weight is 298 g/mol. The van der Waals surface area contributed by atoms with Crippen LogP contribution in [0.25, 0.3) is 0 Å². The van der Waals surface area contributed by atoms with Crippen LogP contribution in [-0.4, -0.2) is 38.0 Å². The molecule has 0 spiro atoms. The van der Waals surface area contributed by atoms with Crippen molar-refractivity contribution in [3.05, 3.63) is 35.4 Å². The summed E-state index contributed by atoms with van der Waals surface area (Å²) in [5.74, 6) is 0.0557. The second-order valence-electron chi connectivity index (χ2n) is 5.47. The number of rotatable bonds is 4. The molecule has 3 unspecified atom stereocenters. The molecule has 4 N–H and O–H groups in total. The van der Waals surface area contributed by atoms with Crippen LogP contribution in [0.3, 0.4) is 0 Å². The Morgan fingerprint density at radius 1 is 1.45 bits per heavy atom. The summed E-state index contributed by atoms with van der Waals surface area (Å²) in [7, 11) is -3.54. The lowest BCUT2D eigenvalue weighted by Crippen LogP contribution is -2.39. The molecule has 0 aliphatic carbocycles. The van der Waals surface area contributed by atoms with E-state index >= 15 is 0 Å². The fraction of sp³-hybridized carbons (Fsp3) is 0.571. The van der Waals surface area contributed by atoms with E-state index in [1.165, 1.54) is 0 Å². The average Bonchev–Trinajstić information content (AvgIpc) is 2.39. The van der Waals surface area contributed by atoms with Gasteiger partial charge in [0.05, 0.1) is 11.4 Å². The van der Waals surface area contributed by atoms with E-state index in [-0.39, 0.29) is 5.92 Å². The van der Waals surface area contributed by atoms with Crippen molar-refractivity contribution < 1.29 is 13.5 Å². The number of hydrogen-bond acceptors (Lipinski definition) is 4. The first-order valence-electron chi connectivity index (χ1n) is 6.88. The second kappa shape index (κ2) is 6.22. The lowest BCUT2D eigenvalue weighted by Gasteiger charge is -2.30. The van der Waals surface area contributed by atoms with Gasteiger partial charge in [0.1, 0.15) is 0 Å². The second-order valence-corrected chi connectivity index (χ2v) is 7.45. The van der Waals surface area contributed by atoms with Crippen LogP contribution in [0.15, 0.2) is 24.3 Å². The highest BCUT2D eigenvalue weighted by Gasteiger charge is 2.27. The molecular weight excluding hydrogens is 276 g/mol. The number of primary sulfonamides is 1. The van der Waals surface area contributed by atoms with Crippen LogP contribution in [0.1, 0.15) is 30.4 Å². The van der Waals surface area contributed by atoms with Crippen molar-refractivity contribution in [3.8, 4) is 0 Å². The first-order valence-corrected chi connectivity index (χ1v) is 8.48. The van der Waals surface area contributed by atoms with E-state index in [9.17, 15) is 13.5 Å². The molecule has 5 nitrogen and oxygen atoms in total. The van der Waals surface area contributed by atoms with Crippen LogP contribution in [0.2, 0.25) is 0 Å². The first kappa shape index (κ1) is 15.4. The molecule has 1 saturated heterocycles. The highest BCUT2D eigenvalue weighted by Crippen LogP contribution is 2.29. The molecule has 1 fully saturated rings. The predicted molar refractivity (Wildman–Crippen MR) is 78.9 cm³/mol. The van der Waals surface area contributed by atoms with E-state index in [1.54, 1.807) is 6.92 Å². The summed E-state index contributed by atoms with van der Waals surface area (Å²) in [6.45, 7) is 3.05. The number of piperidine rings is 1. The molecule has 0 bridgehead atoms. The Kier molecular flexibility index (Phi) is 4.80. The lowest BCUT2D eigenvalue weighted by molar-refractivity contribution is 0.118. The van der Waals surface area contributed by atoms with Crippen molar-refractivity contribution in [2.24, 2.45) is 5.14 Å². The molecule has 1 heterocycles. The van der Waals surface area contributed by atoms with Crippen LogP contribution in [0.5, 0.6) is 0 Å². The lowest BCUT2D eigenvalue weighted by atomic mass is 9.84. The molecule has 0 aromatic heterocycles. The maximum atomic E-state index is 11.4. The summed E-state index contributed by atoms with van der Waals surface area (Å²) in [4.78, 5) is 0. The van der Waals surface area contributed by atoms with Gasteiger partial charge in [-0.05, 0) is 37.4 Å². The highest BCUT2D eigenvalue weighted by molar-refractivity contribution is 7.89. The molecule has 6 heteroatoms. The van der Waals surface area contributed by atoms with Gasteiger partial charge in [0.25, 0.3) is 0 Å². The van der Waals surface area contributed by atoms with E-state index in [1.807, 2.05) is 24.3 Å². The minimum atomic E-state index is -3.54. The van der Waals surface area contributed by atoms with Crippen LogP contribution in [-0.2, 0) is 16.4 Å². The Labute approximate surface area is 120 Å². The van der Waals surface area contributed by atoms with Gasteiger partial charge in [-0.25, -0.2) is 13.6 Å². The minimum Gasteiger partial charge on any atom is -0.391 e. The zero-order valence-electron chi connectivity index (χ0n) is 11.6. The topological polar surface area (TPSA) is 92.4 Å².